The van der Waals surface area contributed by atoms with Gasteiger partial charge in [0, 0.05) is 24.5 Å². The first kappa shape index (κ1) is 21.1. The fourth-order valence-electron chi connectivity index (χ4n) is 3.40. The van der Waals surface area contributed by atoms with E-state index in [2.05, 4.69) is 41.6 Å². The van der Waals surface area contributed by atoms with Gasteiger partial charge < -0.3 is 15.0 Å². The molecule has 11 heteroatoms. The van der Waals surface area contributed by atoms with Gasteiger partial charge in [0.1, 0.15) is 0 Å². The van der Waals surface area contributed by atoms with E-state index in [1.165, 1.54) is 43.1 Å². The van der Waals surface area contributed by atoms with E-state index in [-0.39, 0.29) is 24.1 Å². The van der Waals surface area contributed by atoms with Gasteiger partial charge in [-0.2, -0.15) is 0 Å². The Labute approximate surface area is 183 Å². The van der Waals surface area contributed by atoms with Crippen LogP contribution in [0.5, 0.6) is 0 Å². The Morgan fingerprint density at radius 3 is 2.73 bits per heavy atom. The molecule has 0 atom stereocenters. The molecular weight excluding hydrogens is 424 g/mol. The average molecular weight is 451 g/mol. The third kappa shape index (κ3) is 5.12. The van der Waals surface area contributed by atoms with Crippen molar-refractivity contribution in [1.29, 1.82) is 0 Å². The van der Waals surface area contributed by atoms with Crippen molar-refractivity contribution >= 4 is 46.1 Å². The van der Waals surface area contributed by atoms with Gasteiger partial charge in [-0.05, 0) is 31.6 Å². The molecule has 0 aromatic carbocycles. The maximum Gasteiger partial charge on any atom is 0.311 e. The van der Waals surface area contributed by atoms with E-state index in [0.717, 1.165) is 43.0 Å². The van der Waals surface area contributed by atoms with Crippen LogP contribution in [-0.2, 0) is 20.7 Å². The van der Waals surface area contributed by atoms with Crippen molar-refractivity contribution in [3.8, 4) is 0 Å². The molecule has 1 saturated carbocycles. The van der Waals surface area contributed by atoms with Gasteiger partial charge in [-0.1, -0.05) is 18.7 Å². The molecule has 162 valence electrons. The summed E-state index contributed by atoms with van der Waals surface area (Å²) in [6.45, 7) is 4.31. The van der Waals surface area contributed by atoms with Crippen LogP contribution >= 0.6 is 23.1 Å². The molecule has 1 amide bonds. The van der Waals surface area contributed by atoms with Gasteiger partial charge in [0.05, 0.1) is 25.0 Å². The Balaban J connectivity index is 1.34. The number of amides is 1. The van der Waals surface area contributed by atoms with Crippen LogP contribution < -0.4 is 10.2 Å². The molecule has 3 heterocycles. The van der Waals surface area contributed by atoms with Crippen LogP contribution in [0.25, 0.3) is 0 Å². The van der Waals surface area contributed by atoms with Crippen molar-refractivity contribution in [2.75, 3.05) is 36.2 Å². The normalized spacial score (nSPS) is 17.2. The fourth-order valence-corrected chi connectivity index (χ4v) is 4.92. The number of rotatable bonds is 8. The van der Waals surface area contributed by atoms with E-state index in [1.807, 2.05) is 0 Å². The molecule has 2 aliphatic rings. The standard InChI is InChI=1S/C19H26N6O3S2/c1-12-5-7-24(8-6-12)18-22-23-19(25(18)14-3-4-14)30-11-15(26)21-17-20-13(10-29-17)9-16(27)28-2/h10,12,14H,3-9,11H2,1-2H3,(H,20,21,26). The number of thiazole rings is 1. The number of carbonyl (C=O) groups excluding carboxylic acids is 2. The lowest BCUT2D eigenvalue weighted by molar-refractivity contribution is -0.139. The lowest BCUT2D eigenvalue weighted by Crippen LogP contribution is -2.34. The van der Waals surface area contributed by atoms with E-state index in [4.69, 9.17) is 0 Å². The number of methoxy groups -OCH3 is 1. The second-order valence-electron chi connectivity index (χ2n) is 7.79. The summed E-state index contributed by atoms with van der Waals surface area (Å²) in [5.41, 5.74) is 0.587. The van der Waals surface area contributed by atoms with E-state index in [0.29, 0.717) is 16.9 Å². The molecule has 4 rings (SSSR count). The molecule has 0 spiro atoms. The molecule has 1 N–H and O–H groups in total. The quantitative estimate of drug-likeness (QED) is 0.484. The van der Waals surface area contributed by atoms with Crippen molar-refractivity contribution < 1.29 is 14.3 Å². The highest BCUT2D eigenvalue weighted by molar-refractivity contribution is 7.99. The predicted molar refractivity (Wildman–Crippen MR) is 116 cm³/mol. The second-order valence-corrected chi connectivity index (χ2v) is 9.59. The van der Waals surface area contributed by atoms with Crippen molar-refractivity contribution in [3.05, 3.63) is 11.1 Å². The fraction of sp³-hybridized carbons (Fsp3) is 0.632. The highest BCUT2D eigenvalue weighted by Gasteiger charge is 2.32. The van der Waals surface area contributed by atoms with Gasteiger partial charge in [-0.3, -0.25) is 14.2 Å². The Morgan fingerprint density at radius 1 is 1.27 bits per heavy atom. The largest absolute Gasteiger partial charge is 0.469 e. The Hall–Kier alpha value is -2.14. The van der Waals surface area contributed by atoms with E-state index in [1.54, 1.807) is 5.38 Å². The van der Waals surface area contributed by atoms with Gasteiger partial charge in [0.25, 0.3) is 0 Å². The molecule has 1 aliphatic heterocycles. The zero-order valence-corrected chi connectivity index (χ0v) is 18.8. The maximum atomic E-state index is 12.4. The summed E-state index contributed by atoms with van der Waals surface area (Å²) in [6.07, 6.45) is 4.72. The van der Waals surface area contributed by atoms with Gasteiger partial charge in [-0.25, -0.2) is 4.98 Å². The van der Waals surface area contributed by atoms with Crippen molar-refractivity contribution in [3.63, 3.8) is 0 Å². The summed E-state index contributed by atoms with van der Waals surface area (Å²) < 4.78 is 6.85. The van der Waals surface area contributed by atoms with Gasteiger partial charge in [0.15, 0.2) is 10.3 Å². The third-order valence-corrected chi connectivity index (χ3v) is 7.06. The molecule has 2 aromatic heterocycles. The lowest BCUT2D eigenvalue weighted by Gasteiger charge is -2.31. The van der Waals surface area contributed by atoms with Gasteiger partial charge in [-0.15, -0.1) is 21.5 Å². The smallest absolute Gasteiger partial charge is 0.311 e. The Morgan fingerprint density at radius 2 is 2.03 bits per heavy atom. The minimum Gasteiger partial charge on any atom is -0.469 e. The first-order valence-electron chi connectivity index (χ1n) is 10.2. The van der Waals surface area contributed by atoms with E-state index in [9.17, 15) is 9.59 Å². The number of thioether (sulfide) groups is 1. The second kappa shape index (κ2) is 9.34. The van der Waals surface area contributed by atoms with Crippen LogP contribution in [-0.4, -0.2) is 57.6 Å². The summed E-state index contributed by atoms with van der Waals surface area (Å²) in [5, 5.41) is 14.7. The minimum absolute atomic E-state index is 0.0974. The molecule has 1 aliphatic carbocycles. The van der Waals surface area contributed by atoms with Crippen molar-refractivity contribution in [1.82, 2.24) is 19.7 Å². The van der Waals surface area contributed by atoms with Crippen LogP contribution in [0.1, 0.15) is 44.3 Å². The minimum atomic E-state index is -0.355. The summed E-state index contributed by atoms with van der Waals surface area (Å²) >= 11 is 2.70. The average Bonchev–Trinajstić information content (AvgIpc) is 3.34. The maximum absolute atomic E-state index is 12.4. The lowest BCUT2D eigenvalue weighted by atomic mass is 10.00. The summed E-state index contributed by atoms with van der Waals surface area (Å²) in [7, 11) is 1.34. The molecular formula is C19H26N6O3S2. The van der Waals surface area contributed by atoms with Crippen LogP contribution in [0.4, 0.5) is 11.1 Å². The highest BCUT2D eigenvalue weighted by Crippen LogP contribution is 2.41. The van der Waals surface area contributed by atoms with Gasteiger partial charge >= 0.3 is 5.97 Å². The summed E-state index contributed by atoms with van der Waals surface area (Å²) in [5.74, 6) is 1.42. The topological polar surface area (TPSA) is 102 Å². The zero-order chi connectivity index (χ0) is 21.1. The number of hydrogen-bond acceptors (Lipinski definition) is 9. The Kier molecular flexibility index (Phi) is 6.57. The summed E-state index contributed by atoms with van der Waals surface area (Å²) in [6, 6.07) is 0.444. The van der Waals surface area contributed by atoms with Crippen LogP contribution in [0, 0.1) is 5.92 Å². The summed E-state index contributed by atoms with van der Waals surface area (Å²) in [4.78, 5) is 30.3. The predicted octanol–water partition coefficient (Wildman–Crippen LogP) is 2.75. The van der Waals surface area contributed by atoms with Crippen LogP contribution in [0.2, 0.25) is 0 Å². The number of nitrogens with one attached hydrogen (secondary N) is 1. The number of piperidine rings is 1. The first-order valence-corrected chi connectivity index (χ1v) is 12.0. The number of esters is 1. The van der Waals surface area contributed by atoms with Crippen molar-refractivity contribution in [2.45, 2.75) is 50.2 Å². The molecule has 9 nitrogen and oxygen atoms in total. The van der Waals surface area contributed by atoms with Crippen molar-refractivity contribution in [2.24, 2.45) is 5.92 Å². The van der Waals surface area contributed by atoms with Gasteiger partial charge in [0.2, 0.25) is 11.9 Å². The third-order valence-electron chi connectivity index (χ3n) is 5.31. The zero-order valence-electron chi connectivity index (χ0n) is 17.2. The number of hydrogen-bond donors (Lipinski definition) is 1. The molecule has 2 fully saturated rings. The number of nitrogens with zero attached hydrogens (tertiary/aromatic N) is 5. The highest BCUT2D eigenvalue weighted by atomic mass is 32.2. The molecule has 2 aromatic rings. The molecule has 1 saturated heterocycles. The number of ether oxygens (including phenoxy) is 1. The first-order chi connectivity index (χ1) is 14.5. The Bertz CT molecular complexity index is 902. The SMILES string of the molecule is COC(=O)Cc1csc(NC(=O)CSc2nnc(N3CCC(C)CC3)n2C2CC2)n1. The van der Waals surface area contributed by atoms with Crippen LogP contribution in [0.15, 0.2) is 10.5 Å². The molecule has 0 unspecified atom stereocenters. The number of aromatic nitrogens is 4. The number of carbonyl (C=O) groups is 2. The molecule has 0 radical (unpaired) electrons. The number of anilines is 2. The molecule has 0 bridgehead atoms. The van der Waals surface area contributed by atoms with E-state index < -0.39 is 0 Å². The van der Waals surface area contributed by atoms with Crippen LogP contribution in [0.3, 0.4) is 0 Å². The van der Waals surface area contributed by atoms with E-state index >= 15 is 0 Å². The molecule has 30 heavy (non-hydrogen) atoms. The monoisotopic (exact) mass is 450 g/mol.